The molecule has 1 saturated heterocycles. The first-order valence-electron chi connectivity index (χ1n) is 5.99. The second-order valence-corrected chi connectivity index (χ2v) is 4.45. The van der Waals surface area contributed by atoms with E-state index in [-0.39, 0.29) is 5.69 Å². The summed E-state index contributed by atoms with van der Waals surface area (Å²) < 4.78 is 0. The van der Waals surface area contributed by atoms with E-state index in [1.807, 2.05) is 6.07 Å². The molecular formula is C12H14N4O2. The van der Waals surface area contributed by atoms with Crippen molar-refractivity contribution < 1.29 is 4.79 Å². The molecule has 94 valence electrons. The number of hydrogen-bond donors (Lipinski definition) is 3. The van der Waals surface area contributed by atoms with E-state index in [0.29, 0.717) is 11.9 Å². The van der Waals surface area contributed by atoms with Crippen molar-refractivity contribution in [3.8, 4) is 0 Å². The molecule has 0 bridgehead atoms. The SMILES string of the molecule is O=CNc1cc2[nH]c(=O)[nH]c2cc1N1CCCC1. The summed E-state index contributed by atoms with van der Waals surface area (Å²) in [5, 5.41) is 2.70. The van der Waals surface area contributed by atoms with Gasteiger partial charge in [-0.15, -0.1) is 0 Å². The van der Waals surface area contributed by atoms with Crippen molar-refractivity contribution in [2.75, 3.05) is 23.3 Å². The van der Waals surface area contributed by atoms with Gasteiger partial charge in [-0.05, 0) is 25.0 Å². The molecule has 1 aromatic heterocycles. The molecule has 0 aliphatic carbocycles. The van der Waals surface area contributed by atoms with Gasteiger partial charge in [0.25, 0.3) is 0 Å². The average molecular weight is 246 g/mol. The van der Waals surface area contributed by atoms with E-state index in [4.69, 9.17) is 0 Å². The Hall–Kier alpha value is -2.24. The van der Waals surface area contributed by atoms with Gasteiger partial charge in [0.2, 0.25) is 6.41 Å². The molecule has 0 spiro atoms. The van der Waals surface area contributed by atoms with Crippen molar-refractivity contribution in [1.82, 2.24) is 9.97 Å². The zero-order valence-electron chi connectivity index (χ0n) is 9.82. The summed E-state index contributed by atoms with van der Waals surface area (Å²) >= 11 is 0. The van der Waals surface area contributed by atoms with Crippen LogP contribution in [0.25, 0.3) is 11.0 Å². The summed E-state index contributed by atoms with van der Waals surface area (Å²) in [6.07, 6.45) is 2.97. The number of carbonyl (C=O) groups excluding carboxylic acids is 1. The van der Waals surface area contributed by atoms with Gasteiger partial charge in [0, 0.05) is 13.1 Å². The zero-order valence-corrected chi connectivity index (χ0v) is 9.82. The van der Waals surface area contributed by atoms with Crippen molar-refractivity contribution in [2.24, 2.45) is 0 Å². The van der Waals surface area contributed by atoms with Gasteiger partial charge >= 0.3 is 5.69 Å². The summed E-state index contributed by atoms with van der Waals surface area (Å²) in [4.78, 5) is 29.6. The van der Waals surface area contributed by atoms with Crippen LogP contribution in [-0.2, 0) is 4.79 Å². The van der Waals surface area contributed by atoms with Crippen LogP contribution in [0.15, 0.2) is 16.9 Å². The van der Waals surface area contributed by atoms with Gasteiger partial charge in [0.05, 0.1) is 22.4 Å². The fourth-order valence-corrected chi connectivity index (χ4v) is 2.47. The third-order valence-corrected chi connectivity index (χ3v) is 3.29. The van der Waals surface area contributed by atoms with Gasteiger partial charge in [-0.3, -0.25) is 4.79 Å². The maximum absolute atomic E-state index is 11.3. The molecule has 0 radical (unpaired) electrons. The fraction of sp³-hybridized carbons (Fsp3) is 0.333. The van der Waals surface area contributed by atoms with Crippen LogP contribution in [0, 0.1) is 0 Å². The smallest absolute Gasteiger partial charge is 0.323 e. The Morgan fingerprint density at radius 1 is 1.17 bits per heavy atom. The normalized spacial score (nSPS) is 15.2. The molecule has 1 aliphatic rings. The van der Waals surface area contributed by atoms with Crippen molar-refractivity contribution in [1.29, 1.82) is 0 Å². The topological polar surface area (TPSA) is 81.0 Å². The van der Waals surface area contributed by atoms with Gasteiger partial charge in [-0.25, -0.2) is 4.79 Å². The Balaban J connectivity index is 2.15. The van der Waals surface area contributed by atoms with Crippen LogP contribution in [0.4, 0.5) is 11.4 Å². The van der Waals surface area contributed by atoms with Crippen molar-refractivity contribution in [3.63, 3.8) is 0 Å². The maximum atomic E-state index is 11.3. The zero-order chi connectivity index (χ0) is 12.5. The Labute approximate surface area is 103 Å². The van der Waals surface area contributed by atoms with E-state index in [0.717, 1.165) is 42.8 Å². The monoisotopic (exact) mass is 246 g/mol. The third kappa shape index (κ3) is 1.75. The molecular weight excluding hydrogens is 232 g/mol. The van der Waals surface area contributed by atoms with E-state index >= 15 is 0 Å². The summed E-state index contributed by atoms with van der Waals surface area (Å²) in [5.74, 6) is 0. The Bertz CT molecular complexity index is 637. The Kier molecular flexibility index (Phi) is 2.55. The Morgan fingerprint density at radius 3 is 2.50 bits per heavy atom. The molecule has 18 heavy (non-hydrogen) atoms. The van der Waals surface area contributed by atoms with E-state index in [9.17, 15) is 9.59 Å². The molecule has 3 rings (SSSR count). The van der Waals surface area contributed by atoms with Crippen molar-refractivity contribution in [3.05, 3.63) is 22.6 Å². The second kappa shape index (κ2) is 4.21. The van der Waals surface area contributed by atoms with Crippen LogP contribution in [0.1, 0.15) is 12.8 Å². The number of benzene rings is 1. The minimum Gasteiger partial charge on any atom is -0.370 e. The molecule has 0 atom stereocenters. The summed E-state index contributed by atoms with van der Waals surface area (Å²) in [7, 11) is 0. The number of carbonyl (C=O) groups is 1. The lowest BCUT2D eigenvalue weighted by molar-refractivity contribution is -0.105. The molecule has 2 heterocycles. The van der Waals surface area contributed by atoms with E-state index < -0.39 is 0 Å². The van der Waals surface area contributed by atoms with Gasteiger partial charge in [-0.2, -0.15) is 0 Å². The van der Waals surface area contributed by atoms with Crippen LogP contribution in [0.2, 0.25) is 0 Å². The first-order chi connectivity index (χ1) is 8.78. The van der Waals surface area contributed by atoms with E-state index in [1.165, 1.54) is 0 Å². The second-order valence-electron chi connectivity index (χ2n) is 4.45. The first-order valence-corrected chi connectivity index (χ1v) is 5.99. The quantitative estimate of drug-likeness (QED) is 0.707. The molecule has 3 N–H and O–H groups in total. The van der Waals surface area contributed by atoms with Crippen LogP contribution >= 0.6 is 0 Å². The summed E-state index contributed by atoms with van der Waals surface area (Å²) in [6.45, 7) is 1.96. The highest BCUT2D eigenvalue weighted by atomic mass is 16.1. The molecule has 1 aromatic carbocycles. The number of anilines is 2. The lowest BCUT2D eigenvalue weighted by Crippen LogP contribution is -2.19. The number of imidazole rings is 1. The molecule has 1 amide bonds. The number of H-pyrrole nitrogens is 2. The van der Waals surface area contributed by atoms with Gasteiger partial charge < -0.3 is 20.2 Å². The minimum atomic E-state index is -0.236. The number of aromatic amines is 2. The summed E-state index contributed by atoms with van der Waals surface area (Å²) in [5.41, 5.74) is 2.92. The van der Waals surface area contributed by atoms with Crippen LogP contribution in [-0.4, -0.2) is 29.5 Å². The van der Waals surface area contributed by atoms with Gasteiger partial charge in [-0.1, -0.05) is 0 Å². The molecule has 1 aliphatic heterocycles. The molecule has 2 aromatic rings. The van der Waals surface area contributed by atoms with Crippen LogP contribution in [0.5, 0.6) is 0 Å². The number of rotatable bonds is 3. The number of hydrogen-bond acceptors (Lipinski definition) is 3. The molecule has 0 saturated carbocycles. The molecule has 6 nitrogen and oxygen atoms in total. The molecule has 6 heteroatoms. The Morgan fingerprint density at radius 2 is 1.83 bits per heavy atom. The number of amides is 1. The maximum Gasteiger partial charge on any atom is 0.323 e. The first kappa shape index (κ1) is 10.9. The predicted octanol–water partition coefficient (Wildman–Crippen LogP) is 1.02. The largest absolute Gasteiger partial charge is 0.370 e. The number of nitrogens with one attached hydrogen (secondary N) is 3. The lowest BCUT2D eigenvalue weighted by Gasteiger charge is -2.20. The van der Waals surface area contributed by atoms with Gasteiger partial charge in [0.1, 0.15) is 0 Å². The standard InChI is InChI=1S/C12H14N4O2/c17-7-13-10-5-8-9(15-12(18)14-8)6-11(10)16-3-1-2-4-16/h5-7H,1-4H2,(H,13,17)(H2,14,15,18). The predicted molar refractivity (Wildman–Crippen MR) is 70.1 cm³/mol. The average Bonchev–Trinajstić information content (AvgIpc) is 2.95. The number of aromatic nitrogens is 2. The highest BCUT2D eigenvalue weighted by molar-refractivity contribution is 5.91. The van der Waals surface area contributed by atoms with Crippen LogP contribution < -0.4 is 15.9 Å². The van der Waals surface area contributed by atoms with E-state index in [1.54, 1.807) is 6.07 Å². The minimum absolute atomic E-state index is 0.236. The van der Waals surface area contributed by atoms with Crippen LogP contribution in [0.3, 0.4) is 0 Å². The van der Waals surface area contributed by atoms with Crippen molar-refractivity contribution in [2.45, 2.75) is 12.8 Å². The highest BCUT2D eigenvalue weighted by Crippen LogP contribution is 2.31. The molecule has 0 unspecified atom stereocenters. The van der Waals surface area contributed by atoms with E-state index in [2.05, 4.69) is 20.2 Å². The fourth-order valence-electron chi connectivity index (χ4n) is 2.47. The summed E-state index contributed by atoms with van der Waals surface area (Å²) in [6, 6.07) is 3.69. The highest BCUT2D eigenvalue weighted by Gasteiger charge is 2.17. The number of nitrogens with zero attached hydrogens (tertiary/aromatic N) is 1. The number of fused-ring (bicyclic) bond motifs is 1. The van der Waals surface area contributed by atoms with Crippen molar-refractivity contribution >= 4 is 28.8 Å². The lowest BCUT2D eigenvalue weighted by atomic mass is 10.2. The third-order valence-electron chi connectivity index (χ3n) is 3.29. The van der Waals surface area contributed by atoms with Gasteiger partial charge in [0.15, 0.2) is 0 Å². The molecule has 1 fully saturated rings.